The number of methoxy groups -OCH3 is 2. The molecule has 9 heteroatoms. The van der Waals surface area contributed by atoms with Gasteiger partial charge in [-0.1, -0.05) is 90.4 Å². The fourth-order valence-electron chi connectivity index (χ4n) is 5.85. The Labute approximate surface area is 261 Å². The third-order valence-electron chi connectivity index (χ3n) is 8.38. The van der Waals surface area contributed by atoms with Gasteiger partial charge < -0.3 is 19.5 Å². The molecule has 1 saturated heterocycles. The molecule has 44 heavy (non-hydrogen) atoms. The van der Waals surface area contributed by atoms with Crippen molar-refractivity contribution in [3.63, 3.8) is 0 Å². The number of ether oxygens (including phenoxy) is 2. The van der Waals surface area contributed by atoms with Gasteiger partial charge in [0.25, 0.3) is 17.4 Å². The van der Waals surface area contributed by atoms with Gasteiger partial charge >= 0.3 is 0 Å². The Bertz CT molecular complexity index is 1270. The summed E-state index contributed by atoms with van der Waals surface area (Å²) >= 11 is 0. The molecule has 9 nitrogen and oxygen atoms in total. The third-order valence-corrected chi connectivity index (χ3v) is 8.38. The van der Waals surface area contributed by atoms with Crippen molar-refractivity contribution < 1.29 is 29.1 Å². The van der Waals surface area contributed by atoms with E-state index in [2.05, 4.69) is 6.92 Å². The number of hydrogen-bond donors (Lipinski definition) is 1. The SMILES string of the molecule is CCCCCCCCCCCCCCCCN1C(=O)C(=O)/C(=C(/O)c2ccc([N+](=O)[O-])cc2)[C@@H]1c1ccc(OC)cc1OC. The molecule has 1 N–H and O–H groups in total. The number of benzene rings is 2. The molecule has 0 aliphatic carbocycles. The van der Waals surface area contributed by atoms with E-state index in [1.807, 2.05) is 0 Å². The highest BCUT2D eigenvalue weighted by molar-refractivity contribution is 6.46. The van der Waals surface area contributed by atoms with E-state index < -0.39 is 22.7 Å². The van der Waals surface area contributed by atoms with Crippen LogP contribution in [-0.4, -0.2) is 47.4 Å². The van der Waals surface area contributed by atoms with Crippen LogP contribution >= 0.6 is 0 Å². The maximum absolute atomic E-state index is 13.4. The number of likely N-dealkylation sites (tertiary alicyclic amines) is 1. The average Bonchev–Trinajstić information content (AvgIpc) is 3.29. The number of hydrogen-bond acceptors (Lipinski definition) is 7. The van der Waals surface area contributed by atoms with E-state index in [-0.39, 0.29) is 22.6 Å². The number of nitro groups is 1. The van der Waals surface area contributed by atoms with Crippen LogP contribution in [0.15, 0.2) is 48.0 Å². The second-order valence-electron chi connectivity index (χ2n) is 11.5. The van der Waals surface area contributed by atoms with Crippen LogP contribution in [0, 0.1) is 10.1 Å². The van der Waals surface area contributed by atoms with Crippen molar-refractivity contribution in [2.24, 2.45) is 0 Å². The minimum absolute atomic E-state index is 0.0716. The summed E-state index contributed by atoms with van der Waals surface area (Å²) < 4.78 is 10.9. The van der Waals surface area contributed by atoms with Crippen LogP contribution in [0.1, 0.15) is 114 Å². The van der Waals surface area contributed by atoms with Gasteiger partial charge in [-0.3, -0.25) is 19.7 Å². The summed E-state index contributed by atoms with van der Waals surface area (Å²) in [6.07, 6.45) is 17.0. The summed E-state index contributed by atoms with van der Waals surface area (Å²) in [7, 11) is 3.03. The van der Waals surface area contributed by atoms with Crippen LogP contribution in [0.5, 0.6) is 11.5 Å². The normalized spacial score (nSPS) is 16.0. The van der Waals surface area contributed by atoms with Gasteiger partial charge in [-0.05, 0) is 30.7 Å². The van der Waals surface area contributed by atoms with E-state index in [1.165, 1.54) is 108 Å². The van der Waals surface area contributed by atoms with E-state index in [1.54, 1.807) is 18.2 Å². The molecular weight excluding hydrogens is 560 g/mol. The monoisotopic (exact) mass is 608 g/mol. The van der Waals surface area contributed by atoms with Gasteiger partial charge in [0.15, 0.2) is 0 Å². The number of carbonyl (C=O) groups excluding carboxylic acids is 2. The van der Waals surface area contributed by atoms with E-state index >= 15 is 0 Å². The Kier molecular flexibility index (Phi) is 14.2. The van der Waals surface area contributed by atoms with Crippen molar-refractivity contribution in [1.29, 1.82) is 0 Å². The summed E-state index contributed by atoms with van der Waals surface area (Å²) in [5.74, 6) is -0.911. The Hall–Kier alpha value is -3.88. The first kappa shape index (κ1) is 34.6. The molecule has 1 atom stereocenters. The molecule has 0 aromatic heterocycles. The molecule has 3 rings (SSSR count). The molecule has 2 aromatic carbocycles. The molecule has 0 bridgehead atoms. The first-order valence-corrected chi connectivity index (χ1v) is 16.1. The Balaban J connectivity index is 1.67. The van der Waals surface area contributed by atoms with Gasteiger partial charge in [-0.15, -0.1) is 0 Å². The number of unbranched alkanes of at least 4 members (excludes halogenated alkanes) is 13. The quantitative estimate of drug-likeness (QED) is 0.0399. The van der Waals surface area contributed by atoms with Gasteiger partial charge in [0.1, 0.15) is 17.3 Å². The fourth-order valence-corrected chi connectivity index (χ4v) is 5.85. The maximum atomic E-state index is 13.4. The zero-order valence-corrected chi connectivity index (χ0v) is 26.5. The number of aliphatic hydroxyl groups is 1. The molecule has 1 aliphatic rings. The minimum Gasteiger partial charge on any atom is -0.507 e. The highest BCUT2D eigenvalue weighted by atomic mass is 16.6. The number of nitro benzene ring substituents is 1. The molecular formula is C35H48N2O7. The summed E-state index contributed by atoms with van der Waals surface area (Å²) in [5, 5.41) is 22.4. The van der Waals surface area contributed by atoms with Gasteiger partial charge in [0.05, 0.1) is 30.8 Å². The number of ketones is 1. The fraction of sp³-hybridized carbons (Fsp3) is 0.543. The number of amides is 1. The number of rotatable bonds is 20. The second kappa shape index (κ2) is 18.0. The van der Waals surface area contributed by atoms with Gasteiger partial charge in [0.2, 0.25) is 0 Å². The topological polar surface area (TPSA) is 119 Å². The predicted molar refractivity (Wildman–Crippen MR) is 172 cm³/mol. The highest BCUT2D eigenvalue weighted by Gasteiger charge is 2.46. The number of nitrogens with zero attached hydrogens (tertiary/aromatic N) is 2. The van der Waals surface area contributed by atoms with Gasteiger partial charge in [-0.2, -0.15) is 0 Å². The van der Waals surface area contributed by atoms with Crippen molar-refractivity contribution >= 4 is 23.1 Å². The van der Waals surface area contributed by atoms with Crippen LogP contribution in [0.2, 0.25) is 0 Å². The molecule has 0 spiro atoms. The van der Waals surface area contributed by atoms with Crippen LogP contribution < -0.4 is 9.47 Å². The number of carbonyl (C=O) groups is 2. The first-order chi connectivity index (χ1) is 21.3. The molecule has 1 fully saturated rings. The summed E-state index contributed by atoms with van der Waals surface area (Å²) in [6.45, 7) is 2.59. The summed E-state index contributed by atoms with van der Waals surface area (Å²) in [5.41, 5.74) is 0.537. The molecule has 240 valence electrons. The molecule has 0 saturated carbocycles. The smallest absolute Gasteiger partial charge is 0.295 e. The van der Waals surface area contributed by atoms with Crippen molar-refractivity contribution in [3.05, 3.63) is 69.3 Å². The Morgan fingerprint density at radius 2 is 1.36 bits per heavy atom. The summed E-state index contributed by atoms with van der Waals surface area (Å²) in [4.78, 5) is 38.8. The molecule has 0 radical (unpaired) electrons. The standard InChI is InChI=1S/C35H48N2O7/c1-4-5-6-7-8-9-10-11-12-13-14-15-16-17-24-36-32(29-23-22-28(43-2)25-30(29)44-3)31(34(39)35(36)40)33(38)26-18-20-27(21-19-26)37(41)42/h18-23,25,32,38H,4-17,24H2,1-3H3/b33-31+/t32-/m0/s1. The molecule has 0 unspecified atom stereocenters. The second-order valence-corrected chi connectivity index (χ2v) is 11.5. The van der Waals surface area contributed by atoms with Crippen molar-refractivity contribution in [1.82, 2.24) is 4.90 Å². The van der Waals surface area contributed by atoms with E-state index in [0.717, 1.165) is 25.7 Å². The van der Waals surface area contributed by atoms with E-state index in [9.17, 15) is 24.8 Å². The third kappa shape index (κ3) is 9.31. The molecule has 2 aromatic rings. The zero-order chi connectivity index (χ0) is 31.9. The van der Waals surface area contributed by atoms with Crippen LogP contribution in [0.25, 0.3) is 5.76 Å². The minimum atomic E-state index is -0.881. The lowest BCUT2D eigenvalue weighted by Gasteiger charge is -2.27. The Morgan fingerprint density at radius 1 is 0.818 bits per heavy atom. The first-order valence-electron chi connectivity index (χ1n) is 16.1. The molecule has 1 amide bonds. The predicted octanol–water partition coefficient (Wildman–Crippen LogP) is 8.52. The highest BCUT2D eigenvalue weighted by Crippen LogP contribution is 2.44. The van der Waals surface area contributed by atoms with Crippen molar-refractivity contribution in [2.45, 2.75) is 103 Å². The van der Waals surface area contributed by atoms with Crippen LogP contribution in [0.3, 0.4) is 0 Å². The van der Waals surface area contributed by atoms with Gasteiger partial charge in [-0.25, -0.2) is 0 Å². The summed E-state index contributed by atoms with van der Waals surface area (Å²) in [6, 6.07) is 9.49. The van der Waals surface area contributed by atoms with E-state index in [4.69, 9.17) is 9.47 Å². The lowest BCUT2D eigenvalue weighted by atomic mass is 9.94. The molecule has 1 heterocycles. The van der Waals surface area contributed by atoms with E-state index in [0.29, 0.717) is 23.6 Å². The van der Waals surface area contributed by atoms with Crippen molar-refractivity contribution in [3.8, 4) is 11.5 Å². The molecule has 1 aliphatic heterocycles. The lowest BCUT2D eigenvalue weighted by Crippen LogP contribution is -2.31. The van der Waals surface area contributed by atoms with Gasteiger partial charge in [0, 0.05) is 35.9 Å². The zero-order valence-electron chi connectivity index (χ0n) is 26.5. The lowest BCUT2D eigenvalue weighted by molar-refractivity contribution is -0.384. The van der Waals surface area contributed by atoms with Crippen LogP contribution in [-0.2, 0) is 9.59 Å². The van der Waals surface area contributed by atoms with Crippen molar-refractivity contribution in [2.75, 3.05) is 20.8 Å². The number of non-ortho nitro benzene ring substituents is 1. The largest absolute Gasteiger partial charge is 0.507 e. The number of aliphatic hydroxyl groups excluding tert-OH is 1. The Morgan fingerprint density at radius 3 is 1.86 bits per heavy atom. The average molecular weight is 609 g/mol. The van der Waals surface area contributed by atoms with Crippen LogP contribution in [0.4, 0.5) is 5.69 Å². The number of Topliss-reactive ketones (excluding diaryl/α,β-unsaturated/α-hetero) is 1. The maximum Gasteiger partial charge on any atom is 0.295 e.